The average Bonchev–Trinajstić information content (AvgIpc) is 2.80. The summed E-state index contributed by atoms with van der Waals surface area (Å²) in [7, 11) is 0. The van der Waals surface area contributed by atoms with E-state index in [1.165, 1.54) is 6.07 Å². The van der Waals surface area contributed by atoms with Crippen LogP contribution in [0.2, 0.25) is 0 Å². The highest BCUT2D eigenvalue weighted by Gasteiger charge is 2.44. The van der Waals surface area contributed by atoms with Gasteiger partial charge in [-0.25, -0.2) is 13.8 Å². The van der Waals surface area contributed by atoms with Crippen molar-refractivity contribution in [2.75, 3.05) is 13.1 Å². The number of hydrogen-bond donors (Lipinski definition) is 0. The Labute approximate surface area is 123 Å². The summed E-state index contributed by atoms with van der Waals surface area (Å²) in [5.74, 6) is -1.63. The number of rotatable bonds is 1. The number of amides is 1. The first-order valence-electron chi connectivity index (χ1n) is 7.43. The maximum Gasteiger partial charge on any atom is 0.243 e. The van der Waals surface area contributed by atoms with Crippen molar-refractivity contribution < 1.29 is 13.6 Å². The third-order valence-corrected chi connectivity index (χ3v) is 4.59. The lowest BCUT2D eigenvalue weighted by atomic mass is 9.86. The van der Waals surface area contributed by atoms with E-state index in [9.17, 15) is 13.6 Å². The van der Waals surface area contributed by atoms with Crippen LogP contribution < -0.4 is 0 Å². The largest absolute Gasteiger partial charge is 0.273 e. The van der Waals surface area contributed by atoms with Crippen molar-refractivity contribution in [2.45, 2.75) is 39.2 Å². The summed E-state index contributed by atoms with van der Waals surface area (Å²) < 4.78 is 26.6. The number of carbonyl (C=O) groups is 1. The molecule has 0 saturated carbocycles. The van der Waals surface area contributed by atoms with Crippen LogP contribution >= 0.6 is 0 Å². The molecule has 0 bridgehead atoms. The van der Waals surface area contributed by atoms with Gasteiger partial charge in [-0.1, -0.05) is 19.9 Å². The summed E-state index contributed by atoms with van der Waals surface area (Å²) in [6, 6.07) is 3.75. The van der Waals surface area contributed by atoms with Crippen LogP contribution in [0.5, 0.6) is 0 Å². The molecule has 0 radical (unpaired) electrons. The SMILES string of the molecule is CC1(C)CCCN2CC[C@@H](c3ccc(F)c(F)c3)N2C1=O. The second kappa shape index (κ2) is 5.05. The Balaban J connectivity index is 1.96. The van der Waals surface area contributed by atoms with E-state index in [4.69, 9.17) is 0 Å². The van der Waals surface area contributed by atoms with Crippen molar-refractivity contribution in [1.82, 2.24) is 10.0 Å². The van der Waals surface area contributed by atoms with Crippen LogP contribution in [0.1, 0.15) is 44.7 Å². The second-order valence-corrected chi connectivity index (χ2v) is 6.57. The van der Waals surface area contributed by atoms with Gasteiger partial charge >= 0.3 is 0 Å². The first kappa shape index (κ1) is 14.4. The summed E-state index contributed by atoms with van der Waals surface area (Å²) in [5, 5.41) is 3.84. The van der Waals surface area contributed by atoms with Crippen molar-refractivity contribution in [1.29, 1.82) is 0 Å². The van der Waals surface area contributed by atoms with Gasteiger partial charge in [0.1, 0.15) is 0 Å². The second-order valence-electron chi connectivity index (χ2n) is 6.57. The van der Waals surface area contributed by atoms with Crippen molar-refractivity contribution in [3.8, 4) is 0 Å². The fourth-order valence-electron chi connectivity index (χ4n) is 3.34. The number of hydrazine groups is 1. The number of carbonyl (C=O) groups excluding carboxylic acids is 1. The number of hydrogen-bond acceptors (Lipinski definition) is 2. The zero-order valence-corrected chi connectivity index (χ0v) is 12.4. The molecule has 0 spiro atoms. The Morgan fingerprint density at radius 1 is 1.19 bits per heavy atom. The third-order valence-electron chi connectivity index (χ3n) is 4.59. The normalized spacial score (nSPS) is 25.8. The Hall–Kier alpha value is -1.49. The number of fused-ring (bicyclic) bond motifs is 1. The Morgan fingerprint density at radius 3 is 2.67 bits per heavy atom. The maximum atomic E-state index is 13.5. The molecule has 2 heterocycles. The number of nitrogens with zero attached hydrogens (tertiary/aromatic N) is 2. The monoisotopic (exact) mass is 294 g/mol. The van der Waals surface area contributed by atoms with Gasteiger partial charge in [0.25, 0.3) is 0 Å². The highest BCUT2D eigenvalue weighted by atomic mass is 19.2. The van der Waals surface area contributed by atoms with Gasteiger partial charge in [0.15, 0.2) is 11.6 Å². The minimum absolute atomic E-state index is 0.0761. The first-order valence-corrected chi connectivity index (χ1v) is 7.43. The van der Waals surface area contributed by atoms with E-state index in [0.29, 0.717) is 5.56 Å². The van der Waals surface area contributed by atoms with E-state index in [2.05, 4.69) is 5.01 Å². The molecule has 0 unspecified atom stereocenters. The van der Waals surface area contributed by atoms with E-state index in [1.54, 1.807) is 11.1 Å². The molecule has 1 atom stereocenters. The molecule has 1 aromatic rings. The zero-order chi connectivity index (χ0) is 15.2. The van der Waals surface area contributed by atoms with Crippen molar-refractivity contribution >= 4 is 5.91 Å². The molecule has 0 aliphatic carbocycles. The van der Waals surface area contributed by atoms with Crippen molar-refractivity contribution in [2.24, 2.45) is 5.41 Å². The zero-order valence-electron chi connectivity index (χ0n) is 12.4. The smallest absolute Gasteiger partial charge is 0.243 e. The summed E-state index contributed by atoms with van der Waals surface area (Å²) in [5.41, 5.74) is 0.262. The van der Waals surface area contributed by atoms with Crippen LogP contribution in [0.3, 0.4) is 0 Å². The molecule has 0 N–H and O–H groups in total. The van der Waals surface area contributed by atoms with E-state index in [-0.39, 0.29) is 11.9 Å². The summed E-state index contributed by atoms with van der Waals surface area (Å²) in [6.45, 7) is 5.54. The lowest BCUT2D eigenvalue weighted by Crippen LogP contribution is -2.45. The van der Waals surface area contributed by atoms with Crippen LogP contribution in [-0.2, 0) is 4.79 Å². The van der Waals surface area contributed by atoms with Crippen molar-refractivity contribution in [3.63, 3.8) is 0 Å². The molecule has 2 fully saturated rings. The van der Waals surface area contributed by atoms with Crippen LogP contribution in [0, 0.1) is 17.0 Å². The predicted molar refractivity (Wildman–Crippen MR) is 75.2 cm³/mol. The van der Waals surface area contributed by atoms with Crippen molar-refractivity contribution in [3.05, 3.63) is 35.4 Å². The van der Waals surface area contributed by atoms with Gasteiger partial charge in [0.05, 0.1) is 6.04 Å². The third kappa shape index (κ3) is 2.44. The highest BCUT2D eigenvalue weighted by molar-refractivity contribution is 5.82. The minimum atomic E-state index is -0.854. The van der Waals surface area contributed by atoms with Gasteiger partial charge < -0.3 is 0 Å². The quantitative estimate of drug-likeness (QED) is 0.793. The van der Waals surface area contributed by atoms with Gasteiger partial charge in [-0.05, 0) is 37.0 Å². The lowest BCUT2D eigenvalue weighted by molar-refractivity contribution is -0.154. The Morgan fingerprint density at radius 2 is 1.95 bits per heavy atom. The van der Waals surface area contributed by atoms with E-state index in [0.717, 1.165) is 38.4 Å². The standard InChI is InChI=1S/C16H20F2N2O/c1-16(2)7-3-8-19-9-6-14(20(19)15(16)21)11-4-5-12(17)13(18)10-11/h4-5,10,14H,3,6-9H2,1-2H3/t14-/m0/s1. The summed E-state index contributed by atoms with van der Waals surface area (Å²) in [4.78, 5) is 12.8. The topological polar surface area (TPSA) is 23.6 Å². The molecule has 3 nitrogen and oxygen atoms in total. The van der Waals surface area contributed by atoms with E-state index in [1.807, 2.05) is 13.8 Å². The van der Waals surface area contributed by atoms with Gasteiger partial charge in [0, 0.05) is 18.5 Å². The van der Waals surface area contributed by atoms with Gasteiger partial charge in [0.2, 0.25) is 5.91 Å². The molecule has 1 aromatic carbocycles. The fraction of sp³-hybridized carbons (Fsp3) is 0.562. The van der Waals surface area contributed by atoms with Gasteiger partial charge in [-0.3, -0.25) is 9.80 Å². The summed E-state index contributed by atoms with van der Waals surface area (Å²) in [6.07, 6.45) is 2.58. The molecule has 3 rings (SSSR count). The molecule has 21 heavy (non-hydrogen) atoms. The first-order chi connectivity index (χ1) is 9.90. The molecule has 5 heteroatoms. The van der Waals surface area contributed by atoms with Gasteiger partial charge in [-0.15, -0.1) is 0 Å². The molecule has 2 aliphatic heterocycles. The average molecular weight is 294 g/mol. The van der Waals surface area contributed by atoms with E-state index < -0.39 is 17.0 Å². The minimum Gasteiger partial charge on any atom is -0.273 e. The fourth-order valence-corrected chi connectivity index (χ4v) is 3.34. The molecule has 114 valence electrons. The molecular formula is C16H20F2N2O. The molecule has 2 saturated heterocycles. The number of halogens is 2. The lowest BCUT2D eigenvalue weighted by Gasteiger charge is -2.34. The van der Waals surface area contributed by atoms with Crippen LogP contribution in [0.15, 0.2) is 18.2 Å². The molecular weight excluding hydrogens is 274 g/mol. The van der Waals surface area contributed by atoms with E-state index >= 15 is 0 Å². The predicted octanol–water partition coefficient (Wildman–Crippen LogP) is 3.28. The maximum absolute atomic E-state index is 13.5. The Kier molecular flexibility index (Phi) is 3.48. The Bertz CT molecular complexity index is 573. The number of benzene rings is 1. The molecule has 2 aliphatic rings. The highest BCUT2D eigenvalue weighted by Crippen LogP contribution is 2.40. The molecule has 1 amide bonds. The summed E-state index contributed by atoms with van der Waals surface area (Å²) >= 11 is 0. The van der Waals surface area contributed by atoms with Gasteiger partial charge in [-0.2, -0.15) is 0 Å². The van der Waals surface area contributed by atoms with Crippen LogP contribution in [-0.4, -0.2) is 29.0 Å². The molecule has 0 aromatic heterocycles. The van der Waals surface area contributed by atoms with Crippen LogP contribution in [0.4, 0.5) is 8.78 Å². The van der Waals surface area contributed by atoms with Crippen LogP contribution in [0.25, 0.3) is 0 Å².